The van der Waals surface area contributed by atoms with Gasteiger partial charge in [0.1, 0.15) is 5.00 Å². The number of thiophene rings is 1. The van der Waals surface area contributed by atoms with Gasteiger partial charge in [0.25, 0.3) is 0 Å². The molecule has 0 unspecified atom stereocenters. The fourth-order valence-electron chi connectivity index (χ4n) is 3.43. The van der Waals surface area contributed by atoms with E-state index in [-0.39, 0.29) is 5.97 Å². The topological polar surface area (TPSA) is 68.2 Å². The molecule has 0 amide bonds. The minimum Gasteiger partial charge on any atom is -0.462 e. The van der Waals surface area contributed by atoms with E-state index in [4.69, 9.17) is 17.0 Å². The zero-order valence-corrected chi connectivity index (χ0v) is 20.7. The predicted octanol–water partition coefficient (Wildman–Crippen LogP) is 5.88. The monoisotopic (exact) mass is 490 g/mol. The maximum absolute atomic E-state index is 12.5. The van der Waals surface area contributed by atoms with E-state index < -0.39 is 0 Å². The van der Waals surface area contributed by atoms with Gasteiger partial charge in [0.15, 0.2) is 10.9 Å². The molecule has 0 saturated heterocycles. The molecule has 0 aliphatic carbocycles. The molecule has 0 aliphatic heterocycles. The van der Waals surface area contributed by atoms with Gasteiger partial charge in [-0.15, -0.1) is 11.3 Å². The van der Waals surface area contributed by atoms with Crippen LogP contribution in [0.4, 0.5) is 10.8 Å². The quantitative estimate of drug-likeness (QED) is 0.238. The average Bonchev–Trinajstić information content (AvgIpc) is 3.42. The third-order valence-electron chi connectivity index (χ3n) is 5.07. The first-order valence-corrected chi connectivity index (χ1v) is 12.2. The predicted molar refractivity (Wildman–Crippen MR) is 142 cm³/mol. The molecule has 4 rings (SSSR count). The van der Waals surface area contributed by atoms with E-state index in [1.54, 1.807) is 6.92 Å². The summed E-state index contributed by atoms with van der Waals surface area (Å²) in [6, 6.07) is 22.2. The van der Waals surface area contributed by atoms with Gasteiger partial charge in [-0.3, -0.25) is 4.68 Å². The van der Waals surface area contributed by atoms with Gasteiger partial charge < -0.3 is 15.4 Å². The van der Waals surface area contributed by atoms with Gasteiger partial charge >= 0.3 is 5.97 Å². The Morgan fingerprint density at radius 1 is 1.06 bits per heavy atom. The normalized spacial score (nSPS) is 10.6. The molecule has 2 aromatic heterocycles. The molecule has 6 nitrogen and oxygen atoms in total. The standard InChI is InChI=1S/C26H26N4O2S2/c1-3-32-25(31)22-16-21(15-19-7-5-4-6-8-19)34-24(22)28-26(33)27-23-13-14-30(29-23)17-20-11-9-18(2)10-12-20/h4-14,16H,3,15,17H2,1-2H3,(H2,27,28,29,33). The molecular formula is C26H26N4O2S2. The van der Waals surface area contributed by atoms with Crippen LogP contribution in [0.2, 0.25) is 0 Å². The first-order chi connectivity index (χ1) is 16.5. The second-order valence-electron chi connectivity index (χ2n) is 7.80. The number of nitrogens with zero attached hydrogens (tertiary/aromatic N) is 2. The lowest BCUT2D eigenvalue weighted by Crippen LogP contribution is -2.20. The summed E-state index contributed by atoms with van der Waals surface area (Å²) in [6.45, 7) is 4.84. The Morgan fingerprint density at radius 3 is 2.56 bits per heavy atom. The Labute approximate surface area is 208 Å². The molecule has 0 bridgehead atoms. The van der Waals surface area contributed by atoms with Crippen molar-refractivity contribution in [2.24, 2.45) is 0 Å². The van der Waals surface area contributed by atoms with E-state index in [2.05, 4.69) is 59.1 Å². The second kappa shape index (κ2) is 11.1. The smallest absolute Gasteiger partial charge is 0.341 e. The highest BCUT2D eigenvalue weighted by Gasteiger charge is 2.19. The number of thiocarbonyl (C=S) groups is 1. The number of rotatable bonds is 8. The summed E-state index contributed by atoms with van der Waals surface area (Å²) >= 11 is 6.99. The summed E-state index contributed by atoms with van der Waals surface area (Å²) in [5, 5.41) is 11.8. The minimum absolute atomic E-state index is 0.309. The number of anilines is 2. The molecule has 4 aromatic rings. The Bertz CT molecular complexity index is 1260. The van der Waals surface area contributed by atoms with E-state index in [1.807, 2.05) is 41.2 Å². The molecular weight excluding hydrogens is 464 g/mol. The van der Waals surface area contributed by atoms with Crippen molar-refractivity contribution >= 4 is 45.5 Å². The van der Waals surface area contributed by atoms with E-state index in [0.29, 0.717) is 34.6 Å². The fraction of sp³-hybridized carbons (Fsp3) is 0.192. The summed E-state index contributed by atoms with van der Waals surface area (Å²) in [7, 11) is 0. The van der Waals surface area contributed by atoms with Crippen molar-refractivity contribution in [2.75, 3.05) is 17.2 Å². The summed E-state index contributed by atoms with van der Waals surface area (Å²) in [6.07, 6.45) is 2.63. The molecule has 0 atom stereocenters. The molecule has 34 heavy (non-hydrogen) atoms. The highest BCUT2D eigenvalue weighted by Crippen LogP contribution is 2.31. The molecule has 8 heteroatoms. The molecule has 2 N–H and O–H groups in total. The second-order valence-corrected chi connectivity index (χ2v) is 9.35. The van der Waals surface area contributed by atoms with Gasteiger partial charge in [0.2, 0.25) is 0 Å². The lowest BCUT2D eigenvalue weighted by Gasteiger charge is -2.09. The molecule has 0 spiro atoms. The van der Waals surface area contributed by atoms with E-state index in [9.17, 15) is 4.79 Å². The summed E-state index contributed by atoms with van der Waals surface area (Å²) < 4.78 is 7.10. The van der Waals surface area contributed by atoms with Crippen LogP contribution >= 0.6 is 23.6 Å². The number of aromatic nitrogens is 2. The van der Waals surface area contributed by atoms with Gasteiger partial charge in [0.05, 0.1) is 18.7 Å². The molecule has 2 heterocycles. The SMILES string of the molecule is CCOC(=O)c1cc(Cc2ccccc2)sc1NC(=S)Nc1ccn(Cc2ccc(C)cc2)n1. The number of nitrogens with one attached hydrogen (secondary N) is 2. The van der Waals surface area contributed by atoms with Gasteiger partial charge in [-0.1, -0.05) is 60.2 Å². The maximum Gasteiger partial charge on any atom is 0.341 e. The fourth-order valence-corrected chi connectivity index (χ4v) is 4.78. The van der Waals surface area contributed by atoms with Crippen molar-refractivity contribution in [3.8, 4) is 0 Å². The minimum atomic E-state index is -0.370. The Hall–Kier alpha value is -3.49. The molecule has 0 fully saturated rings. The Balaban J connectivity index is 1.43. The molecule has 0 radical (unpaired) electrons. The number of hydrogen-bond acceptors (Lipinski definition) is 5. The van der Waals surface area contributed by atoms with Crippen molar-refractivity contribution in [1.82, 2.24) is 9.78 Å². The molecule has 0 aliphatic rings. The number of ether oxygens (including phenoxy) is 1. The lowest BCUT2D eigenvalue weighted by atomic mass is 10.1. The molecule has 0 saturated carbocycles. The average molecular weight is 491 g/mol. The number of benzene rings is 2. The van der Waals surface area contributed by atoms with Crippen LogP contribution in [0.3, 0.4) is 0 Å². The van der Waals surface area contributed by atoms with Crippen molar-refractivity contribution in [3.63, 3.8) is 0 Å². The number of aryl methyl sites for hydroxylation is 1. The molecule has 174 valence electrons. The number of carbonyl (C=O) groups excluding carboxylic acids is 1. The van der Waals surface area contributed by atoms with Crippen molar-refractivity contribution in [3.05, 3.63) is 100 Å². The number of carbonyl (C=O) groups is 1. The molecule has 2 aromatic carbocycles. The van der Waals surface area contributed by atoms with Gasteiger partial charge in [-0.05, 0) is 43.3 Å². The highest BCUT2D eigenvalue weighted by atomic mass is 32.1. The number of esters is 1. The van der Waals surface area contributed by atoms with Crippen molar-refractivity contribution in [1.29, 1.82) is 0 Å². The lowest BCUT2D eigenvalue weighted by molar-refractivity contribution is 0.0528. The van der Waals surface area contributed by atoms with Crippen LogP contribution in [0, 0.1) is 6.92 Å². The summed E-state index contributed by atoms with van der Waals surface area (Å²) in [5.41, 5.74) is 4.05. The third-order valence-corrected chi connectivity index (χ3v) is 6.33. The third kappa shape index (κ3) is 6.30. The zero-order valence-electron chi connectivity index (χ0n) is 19.1. The van der Waals surface area contributed by atoms with E-state index in [0.717, 1.165) is 11.3 Å². The summed E-state index contributed by atoms with van der Waals surface area (Å²) in [5.74, 6) is 0.258. The number of hydrogen-bond donors (Lipinski definition) is 2. The van der Waals surface area contributed by atoms with Crippen LogP contribution in [0.5, 0.6) is 0 Å². The van der Waals surface area contributed by atoms with Crippen LogP contribution < -0.4 is 10.6 Å². The van der Waals surface area contributed by atoms with Crippen molar-refractivity contribution < 1.29 is 9.53 Å². The van der Waals surface area contributed by atoms with E-state index >= 15 is 0 Å². The largest absolute Gasteiger partial charge is 0.462 e. The maximum atomic E-state index is 12.5. The first kappa shape index (κ1) is 23.7. The van der Waals surface area contributed by atoms with Crippen LogP contribution in [0.1, 0.15) is 38.8 Å². The van der Waals surface area contributed by atoms with Gasteiger partial charge in [0, 0.05) is 23.6 Å². The van der Waals surface area contributed by atoms with Gasteiger partial charge in [-0.25, -0.2) is 4.79 Å². The summed E-state index contributed by atoms with van der Waals surface area (Å²) in [4.78, 5) is 13.6. The Kier molecular flexibility index (Phi) is 7.72. The van der Waals surface area contributed by atoms with E-state index in [1.165, 1.54) is 28.0 Å². The van der Waals surface area contributed by atoms with Crippen LogP contribution in [0.15, 0.2) is 72.9 Å². The zero-order chi connectivity index (χ0) is 23.9. The van der Waals surface area contributed by atoms with Crippen molar-refractivity contribution in [2.45, 2.75) is 26.8 Å². The van der Waals surface area contributed by atoms with Crippen LogP contribution in [-0.4, -0.2) is 27.5 Å². The highest BCUT2D eigenvalue weighted by molar-refractivity contribution is 7.80. The van der Waals surface area contributed by atoms with Crippen LogP contribution in [0.25, 0.3) is 0 Å². The van der Waals surface area contributed by atoms with Gasteiger partial charge in [-0.2, -0.15) is 5.10 Å². The Morgan fingerprint density at radius 2 is 1.82 bits per heavy atom. The van der Waals surface area contributed by atoms with Crippen LogP contribution in [-0.2, 0) is 17.7 Å². The first-order valence-electron chi connectivity index (χ1n) is 11.0.